The van der Waals surface area contributed by atoms with Gasteiger partial charge < -0.3 is 0 Å². The fourth-order valence-electron chi connectivity index (χ4n) is 6.17. The van der Waals surface area contributed by atoms with Crippen LogP contribution in [0.15, 0.2) is 42.6 Å². The van der Waals surface area contributed by atoms with E-state index in [9.17, 15) is 0 Å². The van der Waals surface area contributed by atoms with Crippen LogP contribution in [0.4, 0.5) is 0 Å². The van der Waals surface area contributed by atoms with Gasteiger partial charge in [-0.2, -0.15) is 0 Å². The van der Waals surface area contributed by atoms with Crippen LogP contribution in [0.2, 0.25) is 0 Å². The van der Waals surface area contributed by atoms with Crippen molar-refractivity contribution in [3.8, 4) is 11.3 Å². The second kappa shape index (κ2) is 6.31. The average molecular weight is 372 g/mol. The zero-order valence-corrected chi connectivity index (χ0v) is 17.8. The van der Waals surface area contributed by atoms with Crippen LogP contribution in [0.5, 0.6) is 0 Å². The molecule has 2 bridgehead atoms. The third kappa shape index (κ3) is 2.78. The van der Waals surface area contributed by atoms with E-state index < -0.39 is 0 Å². The maximum atomic E-state index is 4.85. The van der Waals surface area contributed by atoms with Crippen LogP contribution < -0.4 is 0 Å². The average Bonchev–Trinajstić information content (AvgIpc) is 2.70. The lowest BCUT2D eigenvalue weighted by Crippen LogP contribution is -2.44. The summed E-state index contributed by atoms with van der Waals surface area (Å²) in [5.74, 6) is 0.619. The second-order valence-corrected chi connectivity index (χ2v) is 10.4. The molecule has 0 saturated heterocycles. The van der Waals surface area contributed by atoms with Gasteiger partial charge in [-0.3, -0.25) is 4.98 Å². The van der Waals surface area contributed by atoms with Gasteiger partial charge in [0, 0.05) is 11.8 Å². The summed E-state index contributed by atoms with van der Waals surface area (Å²) in [6.45, 7) is 11.4. The lowest BCUT2D eigenvalue weighted by atomic mass is 9.52. The highest BCUT2D eigenvalue weighted by molar-refractivity contribution is 5.65. The van der Waals surface area contributed by atoms with E-state index in [1.54, 1.807) is 11.1 Å². The number of pyridine rings is 1. The van der Waals surface area contributed by atoms with Gasteiger partial charge in [0.1, 0.15) is 0 Å². The molecule has 1 heteroatoms. The largest absolute Gasteiger partial charge is 0.256 e. The Morgan fingerprint density at radius 2 is 1.71 bits per heavy atom. The number of hydrogen-bond acceptors (Lipinski definition) is 1. The number of hydrogen-bond donors (Lipinski definition) is 0. The molecule has 0 spiro atoms. The summed E-state index contributed by atoms with van der Waals surface area (Å²) >= 11 is 0. The predicted molar refractivity (Wildman–Crippen MR) is 118 cm³/mol. The monoisotopic (exact) mass is 371 g/mol. The van der Waals surface area contributed by atoms with Gasteiger partial charge in [-0.15, -0.1) is 0 Å². The third-order valence-corrected chi connectivity index (χ3v) is 8.28. The summed E-state index contributed by atoms with van der Waals surface area (Å²) in [5, 5.41) is 0. The molecule has 1 atom stereocenters. The Kier molecular flexibility index (Phi) is 4.09. The van der Waals surface area contributed by atoms with E-state index in [4.69, 9.17) is 4.98 Å². The van der Waals surface area contributed by atoms with Crippen molar-refractivity contribution in [1.82, 2.24) is 4.98 Å². The normalized spacial score (nSPS) is 31.7. The van der Waals surface area contributed by atoms with Crippen molar-refractivity contribution < 1.29 is 0 Å². The molecular formula is C27H33N. The zero-order chi connectivity index (χ0) is 19.5. The van der Waals surface area contributed by atoms with E-state index in [0.717, 1.165) is 12.1 Å². The Morgan fingerprint density at radius 3 is 2.43 bits per heavy atom. The number of benzene rings is 1. The molecule has 28 heavy (non-hydrogen) atoms. The lowest BCUT2D eigenvalue weighted by Gasteiger charge is -2.52. The summed E-state index contributed by atoms with van der Waals surface area (Å²) in [6, 6.07) is 9.61. The molecular weight excluding hydrogens is 338 g/mol. The molecule has 1 nitrogen and oxygen atoms in total. The fourth-order valence-corrected chi connectivity index (χ4v) is 6.17. The van der Waals surface area contributed by atoms with Crippen molar-refractivity contribution in [3.05, 3.63) is 64.9 Å². The van der Waals surface area contributed by atoms with E-state index in [2.05, 4.69) is 57.8 Å². The molecule has 6 rings (SSSR count). The Balaban J connectivity index is 1.56. The van der Waals surface area contributed by atoms with Crippen molar-refractivity contribution >= 4 is 0 Å². The molecule has 1 aromatic carbocycles. The Bertz CT molecular complexity index is 943. The van der Waals surface area contributed by atoms with Gasteiger partial charge >= 0.3 is 0 Å². The predicted octanol–water partition coefficient (Wildman–Crippen LogP) is 7.37. The topological polar surface area (TPSA) is 12.9 Å². The number of rotatable bonds is 2. The molecule has 0 radical (unpaired) electrons. The second-order valence-electron chi connectivity index (χ2n) is 10.4. The molecule has 0 aliphatic heterocycles. The highest BCUT2D eigenvalue weighted by Crippen LogP contribution is 2.56. The molecule has 2 fully saturated rings. The number of aryl methyl sites for hydroxylation is 1. The first-order chi connectivity index (χ1) is 13.4. The number of fused-ring (bicyclic) bond motifs is 2. The Morgan fingerprint density at radius 1 is 1.00 bits per heavy atom. The van der Waals surface area contributed by atoms with Gasteiger partial charge in [-0.1, -0.05) is 38.1 Å². The van der Waals surface area contributed by atoms with Gasteiger partial charge in [0.05, 0.1) is 5.69 Å². The SMILES string of the molecule is C=C1CCCC(c2cc(-c3ccc4c(c3)C3(C)CCC4(C)CC3)ncc2C)C1. The smallest absolute Gasteiger partial charge is 0.0705 e. The summed E-state index contributed by atoms with van der Waals surface area (Å²) < 4.78 is 0. The molecule has 0 amide bonds. The van der Waals surface area contributed by atoms with Gasteiger partial charge in [0.25, 0.3) is 0 Å². The maximum absolute atomic E-state index is 4.85. The van der Waals surface area contributed by atoms with Crippen molar-refractivity contribution in [2.24, 2.45) is 0 Å². The number of aromatic nitrogens is 1. The fraction of sp³-hybridized carbons (Fsp3) is 0.519. The minimum absolute atomic E-state index is 0.359. The zero-order valence-electron chi connectivity index (χ0n) is 17.8. The van der Waals surface area contributed by atoms with E-state index in [1.165, 1.54) is 67.2 Å². The molecule has 1 aromatic heterocycles. The summed E-state index contributed by atoms with van der Waals surface area (Å²) in [6.07, 6.45) is 12.3. The number of allylic oxidation sites excluding steroid dienone is 1. The van der Waals surface area contributed by atoms with Crippen LogP contribution in [-0.4, -0.2) is 4.98 Å². The molecule has 4 aliphatic carbocycles. The Hall–Kier alpha value is -1.89. The van der Waals surface area contributed by atoms with E-state index in [1.807, 2.05) is 0 Å². The van der Waals surface area contributed by atoms with Crippen LogP contribution in [0.3, 0.4) is 0 Å². The molecule has 1 heterocycles. The maximum Gasteiger partial charge on any atom is 0.0705 e. The minimum atomic E-state index is 0.359. The quantitative estimate of drug-likeness (QED) is 0.502. The van der Waals surface area contributed by atoms with Crippen molar-refractivity contribution in [2.75, 3.05) is 0 Å². The highest BCUT2D eigenvalue weighted by Gasteiger charge is 2.47. The van der Waals surface area contributed by atoms with Crippen LogP contribution in [-0.2, 0) is 10.8 Å². The van der Waals surface area contributed by atoms with Gasteiger partial charge in [0.2, 0.25) is 0 Å². The lowest BCUT2D eigenvalue weighted by molar-refractivity contribution is 0.188. The molecule has 2 saturated carbocycles. The van der Waals surface area contributed by atoms with Crippen molar-refractivity contribution in [2.45, 2.75) is 88.9 Å². The third-order valence-electron chi connectivity index (χ3n) is 8.28. The van der Waals surface area contributed by atoms with Crippen LogP contribution in [0, 0.1) is 6.92 Å². The summed E-state index contributed by atoms with van der Waals surface area (Å²) in [5.41, 5.74) is 10.6. The number of nitrogens with zero attached hydrogens (tertiary/aromatic N) is 1. The van der Waals surface area contributed by atoms with Crippen LogP contribution in [0.1, 0.15) is 93.4 Å². The van der Waals surface area contributed by atoms with Crippen LogP contribution >= 0.6 is 0 Å². The molecule has 4 aliphatic rings. The highest BCUT2D eigenvalue weighted by atomic mass is 14.7. The molecule has 2 aromatic rings. The molecule has 146 valence electrons. The van der Waals surface area contributed by atoms with Gasteiger partial charge in [0.15, 0.2) is 0 Å². The minimum Gasteiger partial charge on any atom is -0.256 e. The first-order valence-electron chi connectivity index (χ1n) is 11.2. The first kappa shape index (κ1) is 18.2. The van der Waals surface area contributed by atoms with Crippen LogP contribution in [0.25, 0.3) is 11.3 Å². The first-order valence-corrected chi connectivity index (χ1v) is 11.2. The van der Waals surface area contributed by atoms with Gasteiger partial charge in [-0.05, 0) is 109 Å². The van der Waals surface area contributed by atoms with Gasteiger partial charge in [-0.25, -0.2) is 0 Å². The van der Waals surface area contributed by atoms with E-state index in [0.29, 0.717) is 16.7 Å². The van der Waals surface area contributed by atoms with E-state index in [-0.39, 0.29) is 0 Å². The summed E-state index contributed by atoms with van der Waals surface area (Å²) in [4.78, 5) is 4.85. The molecule has 1 unspecified atom stereocenters. The standard InChI is InChI=1S/C27H33N/c1-18-6-5-7-20(14-18)22-16-25(28-17-19(22)2)21-8-9-23-24(15-21)27(4)12-10-26(23,3)11-13-27/h8-9,15-17,20H,1,5-7,10-14H2,2-4H3. The molecule has 0 N–H and O–H groups in total. The summed E-state index contributed by atoms with van der Waals surface area (Å²) in [7, 11) is 0. The van der Waals surface area contributed by atoms with E-state index >= 15 is 0 Å². The van der Waals surface area contributed by atoms with Crippen molar-refractivity contribution in [1.29, 1.82) is 0 Å². The Labute approximate surface area is 170 Å². The van der Waals surface area contributed by atoms with Crippen molar-refractivity contribution in [3.63, 3.8) is 0 Å².